The number of carboxylic acids is 1. The predicted molar refractivity (Wildman–Crippen MR) is 166 cm³/mol. The Morgan fingerprint density at radius 1 is 0.918 bits per heavy atom. The van der Waals surface area contributed by atoms with Crippen molar-refractivity contribution in [3.63, 3.8) is 0 Å². The zero-order valence-electron chi connectivity index (χ0n) is 26.8. The fourth-order valence-electron chi connectivity index (χ4n) is 6.90. The van der Waals surface area contributed by atoms with Crippen LogP contribution in [0.4, 0.5) is 37.0 Å². The van der Waals surface area contributed by atoms with Crippen LogP contribution in [0.1, 0.15) is 79.0 Å². The molecule has 1 N–H and O–H groups in total. The quantitative estimate of drug-likeness (QED) is 0.237. The number of halogens is 6. The van der Waals surface area contributed by atoms with E-state index < -0.39 is 53.3 Å². The van der Waals surface area contributed by atoms with Gasteiger partial charge < -0.3 is 19.5 Å². The number of hydrogen-bond acceptors (Lipinski definition) is 6. The summed E-state index contributed by atoms with van der Waals surface area (Å²) in [6.45, 7) is 2.93. The Hall–Kier alpha value is -4.49. The second-order valence-electron chi connectivity index (χ2n) is 12.9. The molecule has 1 aromatic heterocycles. The van der Waals surface area contributed by atoms with Gasteiger partial charge in [0.15, 0.2) is 0 Å². The van der Waals surface area contributed by atoms with Crippen LogP contribution in [0.3, 0.4) is 0 Å². The summed E-state index contributed by atoms with van der Waals surface area (Å²) in [5.74, 6) is 0.150. The molecule has 2 atom stereocenters. The van der Waals surface area contributed by atoms with Gasteiger partial charge in [-0.05, 0) is 98.5 Å². The van der Waals surface area contributed by atoms with E-state index in [1.54, 1.807) is 0 Å². The molecule has 262 valence electrons. The molecule has 14 heteroatoms. The molecule has 3 heterocycles. The minimum Gasteiger partial charge on any atom is -0.496 e. The summed E-state index contributed by atoms with van der Waals surface area (Å²) < 4.78 is 92.9. The second-order valence-corrected chi connectivity index (χ2v) is 12.9. The van der Waals surface area contributed by atoms with E-state index in [2.05, 4.69) is 4.90 Å². The molecule has 1 amide bonds. The van der Waals surface area contributed by atoms with Crippen LogP contribution < -0.4 is 9.64 Å². The lowest BCUT2D eigenvalue weighted by Crippen LogP contribution is -2.38. The minimum atomic E-state index is -5.05. The lowest BCUT2D eigenvalue weighted by atomic mass is 9.78. The van der Waals surface area contributed by atoms with Crippen LogP contribution in [0.5, 0.6) is 5.75 Å². The highest BCUT2D eigenvalue weighted by Crippen LogP contribution is 2.44. The first-order valence-electron chi connectivity index (χ1n) is 16.1. The van der Waals surface area contributed by atoms with Crippen molar-refractivity contribution in [2.24, 2.45) is 5.92 Å². The number of hydrogen-bond donors (Lipinski definition) is 1. The van der Waals surface area contributed by atoms with Gasteiger partial charge >= 0.3 is 24.4 Å². The third kappa shape index (κ3) is 7.00. The maximum absolute atomic E-state index is 13.6. The number of aliphatic carboxylic acids is 1. The molecule has 1 aliphatic carbocycles. The molecule has 6 rings (SSSR count). The third-order valence-corrected chi connectivity index (χ3v) is 9.85. The zero-order chi connectivity index (χ0) is 35.2. The highest BCUT2D eigenvalue weighted by molar-refractivity contribution is 5.76. The lowest BCUT2D eigenvalue weighted by molar-refractivity contribution is -0.144. The van der Waals surface area contributed by atoms with E-state index >= 15 is 0 Å². The van der Waals surface area contributed by atoms with E-state index in [0.717, 1.165) is 25.1 Å². The van der Waals surface area contributed by atoms with Gasteiger partial charge in [-0.25, -0.2) is 9.78 Å². The Morgan fingerprint density at radius 2 is 1.57 bits per heavy atom. The average Bonchev–Trinajstić information content (AvgIpc) is 3.31. The highest BCUT2D eigenvalue weighted by atomic mass is 19.4. The van der Waals surface area contributed by atoms with Crippen LogP contribution in [0.15, 0.2) is 48.5 Å². The molecule has 1 saturated carbocycles. The number of anilines is 1. The Bertz CT molecular complexity index is 1700. The smallest absolute Gasteiger partial charge is 0.416 e. The van der Waals surface area contributed by atoms with Crippen LogP contribution in [-0.4, -0.2) is 53.3 Å². The summed E-state index contributed by atoms with van der Waals surface area (Å²) in [5, 5.41) is 9.44. The Morgan fingerprint density at radius 3 is 2.12 bits per heavy atom. The first-order valence-corrected chi connectivity index (χ1v) is 16.1. The van der Waals surface area contributed by atoms with Gasteiger partial charge in [-0.15, -0.1) is 0 Å². The number of carbonyl (C=O) groups excluding carboxylic acids is 1. The number of ether oxygens (including phenoxy) is 2. The fraction of sp³-hybridized carbons (Fsp3) is 0.457. The number of alkyl halides is 6. The third-order valence-electron chi connectivity index (χ3n) is 9.85. The number of methoxy groups -OCH3 is 1. The monoisotopic (exact) mass is 691 g/mol. The summed E-state index contributed by atoms with van der Waals surface area (Å²) in [7, 11) is 1.52. The summed E-state index contributed by atoms with van der Waals surface area (Å²) >= 11 is 0. The van der Waals surface area contributed by atoms with Crippen molar-refractivity contribution < 1.29 is 50.5 Å². The van der Waals surface area contributed by atoms with Crippen molar-refractivity contribution in [3.05, 3.63) is 76.5 Å². The molecule has 8 nitrogen and oxygen atoms in total. The number of carboxylic acid groups (broad SMARTS) is 1. The van der Waals surface area contributed by atoms with E-state index in [-0.39, 0.29) is 24.4 Å². The SMILES string of the molecule is COc1ccc([C@H]2CC[C@H](C(=O)O)CC2)cc1-c1ccc(N2CCC2)nc1CN1C(=O)O[C@H](c2cc(C(F)(F)F)cc(C(F)(F)F)c2)[C@@H]1C. The number of nitrogens with zero attached hydrogens (tertiary/aromatic N) is 3. The molecule has 2 saturated heterocycles. The van der Waals surface area contributed by atoms with E-state index in [4.69, 9.17) is 14.5 Å². The van der Waals surface area contributed by atoms with Crippen LogP contribution in [-0.2, 0) is 28.4 Å². The maximum Gasteiger partial charge on any atom is 0.416 e. The van der Waals surface area contributed by atoms with Crippen LogP contribution in [0.25, 0.3) is 11.1 Å². The minimum absolute atomic E-state index is 0.0412. The molecule has 0 unspecified atom stereocenters. The summed E-state index contributed by atoms with van der Waals surface area (Å²) in [5.41, 5.74) is -0.649. The van der Waals surface area contributed by atoms with Crippen molar-refractivity contribution in [1.82, 2.24) is 9.88 Å². The number of rotatable bonds is 8. The van der Waals surface area contributed by atoms with E-state index in [9.17, 15) is 41.0 Å². The topological polar surface area (TPSA) is 92.2 Å². The average molecular weight is 692 g/mol. The second kappa shape index (κ2) is 13.1. The molecule has 3 fully saturated rings. The van der Waals surface area contributed by atoms with Crippen molar-refractivity contribution in [2.45, 2.75) is 76.0 Å². The van der Waals surface area contributed by atoms with Crippen molar-refractivity contribution in [2.75, 3.05) is 25.1 Å². The standard InChI is InChI=1S/C35H35F6N3O5/c1-19-31(23-14-24(34(36,37)38)17-25(15-23)35(39,40)41)49-33(47)44(19)18-28-26(9-11-30(42-28)43-12-3-13-43)27-16-22(8-10-29(27)48-2)20-4-6-21(7-5-20)32(45)46/h8-11,14-17,19-21,31H,3-7,12-13,18H2,1-2H3,(H,45,46)/t19-,20-,21-,31-/m0/s1. The lowest BCUT2D eigenvalue weighted by Gasteiger charge is -2.33. The molecular formula is C35H35F6N3O5. The Balaban J connectivity index is 1.35. The number of benzene rings is 2. The molecular weight excluding hydrogens is 656 g/mol. The normalized spacial score (nSPS) is 22.9. The highest BCUT2D eigenvalue weighted by Gasteiger charge is 2.44. The van der Waals surface area contributed by atoms with Crippen LogP contribution in [0.2, 0.25) is 0 Å². The summed E-state index contributed by atoms with van der Waals surface area (Å²) in [6, 6.07) is 9.74. The number of amides is 1. The number of pyridine rings is 1. The van der Waals surface area contributed by atoms with Gasteiger partial charge in [-0.2, -0.15) is 26.3 Å². The predicted octanol–water partition coefficient (Wildman–Crippen LogP) is 8.45. The molecule has 0 radical (unpaired) electrons. The van der Waals surface area contributed by atoms with Gasteiger partial charge in [0.1, 0.15) is 17.7 Å². The molecule has 0 bridgehead atoms. The molecule has 49 heavy (non-hydrogen) atoms. The van der Waals surface area contributed by atoms with E-state index in [1.165, 1.54) is 18.9 Å². The van der Waals surface area contributed by atoms with Crippen molar-refractivity contribution >= 4 is 17.9 Å². The summed E-state index contributed by atoms with van der Waals surface area (Å²) in [4.78, 5) is 33.0. The molecule has 2 aliphatic heterocycles. The number of aromatic nitrogens is 1. The largest absolute Gasteiger partial charge is 0.496 e. The van der Waals surface area contributed by atoms with Crippen molar-refractivity contribution in [1.29, 1.82) is 0 Å². The molecule has 2 aromatic carbocycles. The number of cyclic esters (lactones) is 1. The van der Waals surface area contributed by atoms with Crippen molar-refractivity contribution in [3.8, 4) is 16.9 Å². The number of carbonyl (C=O) groups is 2. The van der Waals surface area contributed by atoms with Gasteiger partial charge in [-0.1, -0.05) is 6.07 Å². The molecule has 3 aliphatic rings. The summed E-state index contributed by atoms with van der Waals surface area (Å²) in [6.07, 6.45) is -8.92. The van der Waals surface area contributed by atoms with Gasteiger partial charge in [0.2, 0.25) is 0 Å². The van der Waals surface area contributed by atoms with Gasteiger partial charge in [0, 0.05) is 24.2 Å². The van der Waals surface area contributed by atoms with Gasteiger partial charge in [0.05, 0.1) is 42.4 Å². The molecule has 3 aromatic rings. The van der Waals surface area contributed by atoms with E-state index in [0.29, 0.717) is 66.2 Å². The van der Waals surface area contributed by atoms with Crippen LogP contribution in [0, 0.1) is 5.92 Å². The Labute approximate surface area is 278 Å². The first-order chi connectivity index (χ1) is 23.1. The fourth-order valence-corrected chi connectivity index (χ4v) is 6.90. The first kappa shape index (κ1) is 34.4. The van der Waals surface area contributed by atoms with Crippen LogP contribution >= 0.6 is 0 Å². The maximum atomic E-state index is 13.6. The van der Waals surface area contributed by atoms with Gasteiger partial charge in [0.25, 0.3) is 0 Å². The zero-order valence-corrected chi connectivity index (χ0v) is 26.8. The Kier molecular flexibility index (Phi) is 9.18. The van der Waals surface area contributed by atoms with E-state index in [1.807, 2.05) is 30.3 Å². The van der Waals surface area contributed by atoms with Gasteiger partial charge in [-0.3, -0.25) is 9.69 Å². The molecule has 0 spiro atoms.